The van der Waals surface area contributed by atoms with Gasteiger partial charge in [-0.2, -0.15) is 0 Å². The molecule has 0 aliphatic heterocycles. The average Bonchev–Trinajstić information content (AvgIpc) is 2.61. The molecule has 1 N–H and O–H groups in total. The van der Waals surface area contributed by atoms with E-state index in [1.54, 1.807) is 6.07 Å². The molecule has 0 radical (unpaired) electrons. The smallest absolute Gasteiger partial charge is 0.221 e. The maximum absolute atomic E-state index is 12.6. The summed E-state index contributed by atoms with van der Waals surface area (Å²) >= 11 is 0. The number of amides is 1. The largest absolute Gasteiger partial charge is 0.326 e. The molecule has 1 amide bonds. The molecule has 0 atom stereocenters. The first-order chi connectivity index (χ1) is 11.6. The Balaban J connectivity index is 1.98. The lowest BCUT2D eigenvalue weighted by molar-refractivity contribution is -0.117. The zero-order valence-electron chi connectivity index (χ0n) is 13.3. The summed E-state index contributed by atoms with van der Waals surface area (Å²) < 4.78 is 0. The van der Waals surface area contributed by atoms with Crippen molar-refractivity contribution in [3.63, 3.8) is 0 Å². The minimum absolute atomic E-state index is 0.145. The van der Waals surface area contributed by atoms with Crippen LogP contribution in [0.1, 0.15) is 22.8 Å². The molecular weight excluding hydrogens is 298 g/mol. The van der Waals surface area contributed by atoms with Gasteiger partial charge in [-0.25, -0.2) is 0 Å². The molecule has 24 heavy (non-hydrogen) atoms. The Morgan fingerprint density at radius 3 is 2.17 bits per heavy atom. The molecule has 0 aliphatic rings. The molecule has 0 unspecified atom stereocenters. The van der Waals surface area contributed by atoms with Gasteiger partial charge in [-0.1, -0.05) is 66.7 Å². The summed E-state index contributed by atoms with van der Waals surface area (Å²) in [5.74, 6) is -0.357. The maximum atomic E-state index is 12.6. The third-order valence-electron chi connectivity index (χ3n) is 3.70. The molecule has 0 saturated heterocycles. The highest BCUT2D eigenvalue weighted by Crippen LogP contribution is 2.18. The van der Waals surface area contributed by atoms with Crippen molar-refractivity contribution in [2.75, 3.05) is 0 Å². The lowest BCUT2D eigenvalue weighted by atomic mass is 10.0. The number of hydrogen-bond donors (Lipinski definition) is 1. The fraction of sp³-hybridized carbons (Fsp3) is 0.0476. The topological polar surface area (TPSA) is 46.2 Å². The van der Waals surface area contributed by atoms with E-state index in [1.165, 1.54) is 13.0 Å². The van der Waals surface area contributed by atoms with Crippen molar-refractivity contribution in [3.05, 3.63) is 90.0 Å². The molecule has 3 heteroatoms. The van der Waals surface area contributed by atoms with Crippen LogP contribution in [0.4, 0.5) is 0 Å². The van der Waals surface area contributed by atoms with Gasteiger partial charge in [0, 0.05) is 18.6 Å². The van der Waals surface area contributed by atoms with E-state index in [4.69, 9.17) is 0 Å². The molecular formula is C21H17NO2. The van der Waals surface area contributed by atoms with Gasteiger partial charge in [0.1, 0.15) is 0 Å². The van der Waals surface area contributed by atoms with Gasteiger partial charge < -0.3 is 5.32 Å². The molecule has 0 saturated carbocycles. The van der Waals surface area contributed by atoms with Crippen molar-refractivity contribution < 1.29 is 9.59 Å². The first kappa shape index (κ1) is 15.7. The summed E-state index contributed by atoms with van der Waals surface area (Å²) in [5, 5.41) is 4.83. The number of carbonyl (C=O) groups is 2. The van der Waals surface area contributed by atoms with Crippen molar-refractivity contribution >= 4 is 28.2 Å². The van der Waals surface area contributed by atoms with Crippen LogP contribution in [-0.4, -0.2) is 11.7 Å². The highest BCUT2D eigenvalue weighted by atomic mass is 16.1. The second-order valence-corrected chi connectivity index (χ2v) is 5.53. The monoisotopic (exact) mass is 315 g/mol. The first-order valence-corrected chi connectivity index (χ1v) is 7.71. The van der Waals surface area contributed by atoms with E-state index < -0.39 is 0 Å². The van der Waals surface area contributed by atoms with E-state index in [0.29, 0.717) is 11.3 Å². The van der Waals surface area contributed by atoms with Crippen molar-refractivity contribution in [1.29, 1.82) is 0 Å². The second-order valence-electron chi connectivity index (χ2n) is 5.53. The fourth-order valence-electron chi connectivity index (χ4n) is 2.56. The average molecular weight is 315 g/mol. The van der Waals surface area contributed by atoms with Crippen LogP contribution in [0.2, 0.25) is 0 Å². The number of nitrogens with one attached hydrogen (secondary N) is 1. The summed E-state index contributed by atoms with van der Waals surface area (Å²) in [4.78, 5) is 24.1. The Labute approximate surface area is 140 Å². The second kappa shape index (κ2) is 6.92. The lowest BCUT2D eigenvalue weighted by Crippen LogP contribution is -2.19. The summed E-state index contributed by atoms with van der Waals surface area (Å²) in [6.45, 7) is 1.43. The van der Waals surface area contributed by atoms with Crippen LogP contribution in [0.15, 0.2) is 78.9 Å². The Bertz CT molecular complexity index is 927. The standard InChI is InChI=1S/C21H17NO2/c1-15(23)22-20(17-8-3-2-4-9-17)14-21(24)19-12-11-16-7-5-6-10-18(16)13-19/h2-14H,1H3,(H,22,23)/b20-14-. The van der Waals surface area contributed by atoms with Crippen molar-refractivity contribution in [2.24, 2.45) is 0 Å². The van der Waals surface area contributed by atoms with E-state index in [0.717, 1.165) is 16.3 Å². The van der Waals surface area contributed by atoms with Gasteiger partial charge in [0.05, 0.1) is 5.70 Å². The molecule has 118 valence electrons. The number of benzene rings is 3. The normalized spacial score (nSPS) is 11.3. The number of carbonyl (C=O) groups excluding carboxylic acids is 2. The number of fused-ring (bicyclic) bond motifs is 1. The van der Waals surface area contributed by atoms with Gasteiger partial charge in [0.15, 0.2) is 5.78 Å². The summed E-state index contributed by atoms with van der Waals surface area (Å²) in [5.41, 5.74) is 1.88. The van der Waals surface area contributed by atoms with E-state index >= 15 is 0 Å². The van der Waals surface area contributed by atoms with Crippen LogP contribution in [0, 0.1) is 0 Å². The molecule has 3 aromatic carbocycles. The van der Waals surface area contributed by atoms with Gasteiger partial charge in [0.25, 0.3) is 0 Å². The van der Waals surface area contributed by atoms with E-state index in [9.17, 15) is 9.59 Å². The Morgan fingerprint density at radius 1 is 0.792 bits per heavy atom. The van der Waals surface area contributed by atoms with Gasteiger partial charge in [-0.05, 0) is 22.4 Å². The highest BCUT2D eigenvalue weighted by molar-refractivity contribution is 6.10. The maximum Gasteiger partial charge on any atom is 0.221 e. The van der Waals surface area contributed by atoms with Crippen molar-refractivity contribution in [1.82, 2.24) is 5.32 Å². The molecule has 0 aromatic heterocycles. The molecule has 3 aromatic rings. The predicted octanol–water partition coefficient (Wildman–Crippen LogP) is 4.20. The Hall–Kier alpha value is -3.20. The number of rotatable bonds is 4. The highest BCUT2D eigenvalue weighted by Gasteiger charge is 2.09. The minimum atomic E-state index is -0.212. The SMILES string of the molecule is CC(=O)N/C(=C\C(=O)c1ccc2ccccc2c1)c1ccccc1. The minimum Gasteiger partial charge on any atom is -0.326 e. The summed E-state index contributed by atoms with van der Waals surface area (Å²) in [6.07, 6.45) is 1.47. The van der Waals surface area contributed by atoms with Crippen LogP contribution < -0.4 is 5.32 Å². The van der Waals surface area contributed by atoms with Crippen LogP contribution in [0.3, 0.4) is 0 Å². The van der Waals surface area contributed by atoms with Crippen LogP contribution in [0.5, 0.6) is 0 Å². The van der Waals surface area contributed by atoms with Crippen LogP contribution in [-0.2, 0) is 4.79 Å². The Kier molecular flexibility index (Phi) is 4.52. The van der Waals surface area contributed by atoms with E-state index in [-0.39, 0.29) is 11.7 Å². The van der Waals surface area contributed by atoms with Crippen molar-refractivity contribution in [3.8, 4) is 0 Å². The van der Waals surface area contributed by atoms with Gasteiger partial charge >= 0.3 is 0 Å². The molecule has 0 aliphatic carbocycles. The number of allylic oxidation sites excluding steroid dienone is 1. The van der Waals surface area contributed by atoms with E-state index in [1.807, 2.05) is 66.7 Å². The van der Waals surface area contributed by atoms with Crippen LogP contribution >= 0.6 is 0 Å². The zero-order chi connectivity index (χ0) is 16.9. The molecule has 0 fully saturated rings. The summed E-state index contributed by atoms with van der Waals surface area (Å²) in [7, 11) is 0. The lowest BCUT2D eigenvalue weighted by Gasteiger charge is -2.08. The van der Waals surface area contributed by atoms with Gasteiger partial charge in [0.2, 0.25) is 5.91 Å². The zero-order valence-corrected chi connectivity index (χ0v) is 13.3. The fourth-order valence-corrected chi connectivity index (χ4v) is 2.56. The first-order valence-electron chi connectivity index (χ1n) is 7.71. The molecule has 3 nitrogen and oxygen atoms in total. The third kappa shape index (κ3) is 3.58. The van der Waals surface area contributed by atoms with Gasteiger partial charge in [-0.3, -0.25) is 9.59 Å². The van der Waals surface area contributed by atoms with Gasteiger partial charge in [-0.15, -0.1) is 0 Å². The molecule has 0 heterocycles. The van der Waals surface area contributed by atoms with Crippen LogP contribution in [0.25, 0.3) is 16.5 Å². The quantitative estimate of drug-likeness (QED) is 0.579. The number of hydrogen-bond acceptors (Lipinski definition) is 2. The van der Waals surface area contributed by atoms with E-state index in [2.05, 4.69) is 5.32 Å². The predicted molar refractivity (Wildman–Crippen MR) is 96.5 cm³/mol. The molecule has 0 spiro atoms. The Morgan fingerprint density at radius 2 is 1.46 bits per heavy atom. The third-order valence-corrected chi connectivity index (χ3v) is 3.70. The molecule has 0 bridgehead atoms. The molecule has 3 rings (SSSR count). The van der Waals surface area contributed by atoms with Crippen molar-refractivity contribution in [2.45, 2.75) is 6.92 Å². The summed E-state index contributed by atoms with van der Waals surface area (Å²) in [6, 6.07) is 22.8. The number of ketones is 1.